The number of amides is 1. The number of carbonyl (C=O) groups is 2. The fourth-order valence-corrected chi connectivity index (χ4v) is 1.08. The zero-order chi connectivity index (χ0) is 8.55. The molecule has 0 N–H and O–H groups in total. The molecule has 0 spiro atoms. The van der Waals surface area contributed by atoms with Crippen LogP contribution in [0.2, 0.25) is 0 Å². The van der Waals surface area contributed by atoms with Crippen LogP contribution in [0.3, 0.4) is 0 Å². The Hall–Kier alpha value is -1.77. The third kappa shape index (κ3) is 1.05. The molecule has 0 atom stereocenters. The zero-order valence-electron chi connectivity index (χ0n) is 6.15. The van der Waals surface area contributed by atoms with Crippen molar-refractivity contribution in [2.24, 2.45) is 4.99 Å². The molecule has 58 valence electrons. The molecule has 12 heavy (non-hydrogen) atoms. The number of allylic oxidation sites excluding steroid dienone is 5. The summed E-state index contributed by atoms with van der Waals surface area (Å²) in [6.07, 6.45) is 7.36. The van der Waals surface area contributed by atoms with Crippen LogP contribution in [0.4, 0.5) is 0 Å². The van der Waals surface area contributed by atoms with Gasteiger partial charge in [0.2, 0.25) is 0 Å². The highest BCUT2D eigenvalue weighted by atomic mass is 16.1. The Morgan fingerprint density at radius 3 is 2.67 bits per heavy atom. The van der Waals surface area contributed by atoms with Crippen molar-refractivity contribution in [3.8, 4) is 0 Å². The van der Waals surface area contributed by atoms with Crippen LogP contribution in [-0.4, -0.2) is 17.4 Å². The molecular formula is C9H5NO2. The molecule has 1 aliphatic heterocycles. The average molecular weight is 159 g/mol. The summed E-state index contributed by atoms with van der Waals surface area (Å²) in [5.41, 5.74) is 1.28. The summed E-state index contributed by atoms with van der Waals surface area (Å²) in [6.45, 7) is 0. The van der Waals surface area contributed by atoms with Crippen LogP contribution >= 0.6 is 0 Å². The van der Waals surface area contributed by atoms with Gasteiger partial charge >= 0.3 is 0 Å². The van der Waals surface area contributed by atoms with Crippen LogP contribution in [0.15, 0.2) is 40.9 Å². The van der Waals surface area contributed by atoms with Crippen LogP contribution in [0.25, 0.3) is 0 Å². The average Bonchev–Trinajstić information content (AvgIpc) is 2.05. The van der Waals surface area contributed by atoms with Gasteiger partial charge in [-0.3, -0.25) is 9.59 Å². The highest BCUT2D eigenvalue weighted by Gasteiger charge is 2.13. The van der Waals surface area contributed by atoms with Crippen molar-refractivity contribution in [3.05, 3.63) is 36.0 Å². The molecule has 3 nitrogen and oxygen atoms in total. The Labute approximate surface area is 68.8 Å². The molecule has 0 radical (unpaired) electrons. The quantitative estimate of drug-likeness (QED) is 0.485. The number of carbonyl (C=O) groups excluding carboxylic acids is 2. The molecule has 0 aromatic carbocycles. The SMILES string of the molecule is O=C1C=CC2=NC(=O)C=CC2=C1. The molecule has 1 aliphatic carbocycles. The summed E-state index contributed by atoms with van der Waals surface area (Å²) < 4.78 is 0. The topological polar surface area (TPSA) is 46.5 Å². The lowest BCUT2D eigenvalue weighted by atomic mass is 10.0. The molecule has 0 bridgehead atoms. The zero-order valence-corrected chi connectivity index (χ0v) is 6.15. The Morgan fingerprint density at radius 2 is 1.83 bits per heavy atom. The molecular weight excluding hydrogens is 154 g/mol. The number of aliphatic imine (C=N–C) groups is 1. The third-order valence-corrected chi connectivity index (χ3v) is 1.64. The summed E-state index contributed by atoms with van der Waals surface area (Å²) in [4.78, 5) is 25.4. The van der Waals surface area contributed by atoms with Crippen LogP contribution in [0.1, 0.15) is 0 Å². The second-order valence-corrected chi connectivity index (χ2v) is 2.50. The molecule has 0 saturated carbocycles. The van der Waals surface area contributed by atoms with Gasteiger partial charge in [0.05, 0.1) is 5.71 Å². The fourth-order valence-electron chi connectivity index (χ4n) is 1.08. The monoisotopic (exact) mass is 159 g/mol. The van der Waals surface area contributed by atoms with Gasteiger partial charge in [0.25, 0.3) is 5.91 Å². The molecule has 1 heterocycles. The minimum absolute atomic E-state index is 0.0667. The second kappa shape index (κ2) is 2.37. The number of rotatable bonds is 0. The van der Waals surface area contributed by atoms with Crippen LogP contribution in [-0.2, 0) is 9.59 Å². The molecule has 0 unspecified atom stereocenters. The highest BCUT2D eigenvalue weighted by molar-refractivity contribution is 6.25. The van der Waals surface area contributed by atoms with E-state index in [0.29, 0.717) is 11.3 Å². The van der Waals surface area contributed by atoms with E-state index < -0.39 is 0 Å². The first-order chi connectivity index (χ1) is 5.75. The van der Waals surface area contributed by atoms with Gasteiger partial charge in [-0.05, 0) is 24.3 Å². The standard InChI is InChI=1S/C9H5NO2/c11-7-2-3-8-6(5-7)1-4-9(12)10-8/h1-5H. The second-order valence-electron chi connectivity index (χ2n) is 2.50. The Balaban J connectivity index is 2.48. The third-order valence-electron chi connectivity index (χ3n) is 1.64. The van der Waals surface area contributed by atoms with E-state index in [0.717, 1.165) is 0 Å². The molecule has 3 heteroatoms. The van der Waals surface area contributed by atoms with E-state index in [-0.39, 0.29) is 11.7 Å². The number of fused-ring (bicyclic) bond motifs is 1. The fraction of sp³-hybridized carbons (Fsp3) is 0. The Morgan fingerprint density at radius 1 is 1.00 bits per heavy atom. The summed E-state index contributed by atoms with van der Waals surface area (Å²) in [5.74, 6) is -0.343. The number of dihydropyridines is 1. The Kier molecular flexibility index (Phi) is 1.37. The van der Waals surface area contributed by atoms with Gasteiger partial charge in [-0.2, -0.15) is 0 Å². The van der Waals surface area contributed by atoms with Gasteiger partial charge in [0.15, 0.2) is 5.78 Å². The van der Waals surface area contributed by atoms with Crippen molar-refractivity contribution in [3.63, 3.8) is 0 Å². The van der Waals surface area contributed by atoms with E-state index in [4.69, 9.17) is 0 Å². The van der Waals surface area contributed by atoms with Crippen molar-refractivity contribution in [1.29, 1.82) is 0 Å². The van der Waals surface area contributed by atoms with E-state index in [1.54, 1.807) is 12.2 Å². The Bertz CT molecular complexity index is 345. The van der Waals surface area contributed by atoms with E-state index in [1.165, 1.54) is 18.2 Å². The van der Waals surface area contributed by atoms with E-state index >= 15 is 0 Å². The van der Waals surface area contributed by atoms with Gasteiger partial charge < -0.3 is 0 Å². The van der Waals surface area contributed by atoms with Gasteiger partial charge in [0.1, 0.15) is 0 Å². The summed E-state index contributed by atoms with van der Waals surface area (Å²) in [6, 6.07) is 0. The molecule has 1 amide bonds. The van der Waals surface area contributed by atoms with E-state index in [1.807, 2.05) is 0 Å². The lowest BCUT2D eigenvalue weighted by Crippen LogP contribution is -2.11. The molecule has 0 aromatic rings. The number of hydrogen-bond acceptors (Lipinski definition) is 2. The molecule has 0 saturated heterocycles. The number of hydrogen-bond donors (Lipinski definition) is 0. The number of ketones is 1. The minimum Gasteiger partial charge on any atom is -0.290 e. The normalized spacial score (nSPS) is 20.3. The van der Waals surface area contributed by atoms with Gasteiger partial charge in [-0.1, -0.05) is 0 Å². The minimum atomic E-state index is -0.277. The smallest absolute Gasteiger partial charge is 0.270 e. The number of nitrogens with zero attached hydrogens (tertiary/aromatic N) is 1. The predicted octanol–water partition coefficient (Wildman–Crippen LogP) is 0.589. The van der Waals surface area contributed by atoms with E-state index in [2.05, 4.69) is 4.99 Å². The van der Waals surface area contributed by atoms with Crippen molar-refractivity contribution in [2.75, 3.05) is 0 Å². The molecule has 0 fully saturated rings. The lowest BCUT2D eigenvalue weighted by molar-refractivity contribution is -0.113. The van der Waals surface area contributed by atoms with Crippen molar-refractivity contribution in [1.82, 2.24) is 0 Å². The first-order valence-corrected chi connectivity index (χ1v) is 3.50. The van der Waals surface area contributed by atoms with Gasteiger partial charge in [-0.25, -0.2) is 4.99 Å². The maximum atomic E-state index is 10.9. The predicted molar refractivity (Wildman–Crippen MR) is 43.8 cm³/mol. The summed E-state index contributed by atoms with van der Waals surface area (Å²) in [7, 11) is 0. The molecule has 2 rings (SSSR count). The molecule has 0 aromatic heterocycles. The lowest BCUT2D eigenvalue weighted by Gasteiger charge is -2.08. The van der Waals surface area contributed by atoms with Crippen LogP contribution in [0, 0.1) is 0 Å². The van der Waals surface area contributed by atoms with Gasteiger partial charge in [0, 0.05) is 11.6 Å². The largest absolute Gasteiger partial charge is 0.290 e. The van der Waals surface area contributed by atoms with Gasteiger partial charge in [-0.15, -0.1) is 0 Å². The van der Waals surface area contributed by atoms with Crippen molar-refractivity contribution >= 4 is 17.4 Å². The first kappa shape index (κ1) is 6.91. The highest BCUT2D eigenvalue weighted by Crippen LogP contribution is 2.12. The summed E-state index contributed by atoms with van der Waals surface area (Å²) >= 11 is 0. The maximum Gasteiger partial charge on any atom is 0.270 e. The van der Waals surface area contributed by atoms with Crippen molar-refractivity contribution in [2.45, 2.75) is 0 Å². The molecule has 2 aliphatic rings. The van der Waals surface area contributed by atoms with Crippen molar-refractivity contribution < 1.29 is 9.59 Å². The summed E-state index contributed by atoms with van der Waals surface area (Å²) in [5, 5.41) is 0. The van der Waals surface area contributed by atoms with Crippen LogP contribution in [0.5, 0.6) is 0 Å². The first-order valence-electron chi connectivity index (χ1n) is 3.50. The van der Waals surface area contributed by atoms with E-state index in [9.17, 15) is 9.59 Å². The van der Waals surface area contributed by atoms with Crippen LogP contribution < -0.4 is 0 Å². The maximum absolute atomic E-state index is 10.9.